The molecular formula is C42H50N4O6P2. The Morgan fingerprint density at radius 3 is 1.22 bits per heavy atom. The number of esters is 2. The Morgan fingerprint density at radius 2 is 0.889 bits per heavy atom. The Balaban J connectivity index is 1.31. The number of carbonyl (C=O) groups excluding carboxylic acids is 4. The average molecular weight is 769 g/mol. The van der Waals surface area contributed by atoms with Gasteiger partial charge in [0.1, 0.15) is 13.1 Å². The van der Waals surface area contributed by atoms with Crippen LogP contribution in [0.25, 0.3) is 0 Å². The smallest absolute Gasteiger partial charge is 0.325 e. The third-order valence-corrected chi connectivity index (χ3v) is 13.8. The van der Waals surface area contributed by atoms with Gasteiger partial charge in [-0.1, -0.05) is 84.9 Å². The molecule has 0 saturated carbocycles. The second kappa shape index (κ2) is 21.2. The fourth-order valence-electron chi connectivity index (χ4n) is 6.14. The molecule has 54 heavy (non-hydrogen) atoms. The van der Waals surface area contributed by atoms with Gasteiger partial charge in [-0.25, -0.2) is 0 Å². The van der Waals surface area contributed by atoms with Gasteiger partial charge < -0.3 is 29.9 Å². The summed E-state index contributed by atoms with van der Waals surface area (Å²) in [5, 5.41) is 7.99. The van der Waals surface area contributed by atoms with E-state index in [1.807, 2.05) is 0 Å². The maximum Gasteiger partial charge on any atom is 0.325 e. The first-order chi connectivity index (χ1) is 26.3. The van der Waals surface area contributed by atoms with Gasteiger partial charge in [0.15, 0.2) is 0 Å². The van der Waals surface area contributed by atoms with Crippen molar-refractivity contribution in [3.8, 4) is 0 Å². The minimum absolute atomic E-state index is 0.112. The Morgan fingerprint density at radius 1 is 0.537 bits per heavy atom. The summed E-state index contributed by atoms with van der Waals surface area (Å²) < 4.78 is 9.80. The van der Waals surface area contributed by atoms with Crippen molar-refractivity contribution in [1.29, 1.82) is 0 Å². The van der Waals surface area contributed by atoms with E-state index in [1.54, 1.807) is 13.8 Å². The van der Waals surface area contributed by atoms with Gasteiger partial charge in [-0.15, -0.1) is 0 Å². The van der Waals surface area contributed by atoms with E-state index in [9.17, 15) is 19.2 Å². The number of anilines is 2. The van der Waals surface area contributed by atoms with Crippen LogP contribution in [0.1, 0.15) is 37.8 Å². The van der Waals surface area contributed by atoms with Crippen molar-refractivity contribution >= 4 is 61.6 Å². The van der Waals surface area contributed by atoms with Crippen LogP contribution in [0, 0.1) is 0 Å². The van der Waals surface area contributed by atoms with Gasteiger partial charge in [0.05, 0.1) is 13.2 Å². The molecule has 5 rings (SSSR count). The second-order valence-electron chi connectivity index (χ2n) is 12.9. The molecule has 0 aromatic heterocycles. The fraction of sp³-hybridized carbons (Fsp3) is 0.333. The van der Waals surface area contributed by atoms with Gasteiger partial charge in [0.2, 0.25) is 11.8 Å². The summed E-state index contributed by atoms with van der Waals surface area (Å²) in [6.45, 7) is 3.84. The predicted molar refractivity (Wildman–Crippen MR) is 219 cm³/mol. The third-order valence-electron chi connectivity index (χ3n) is 8.96. The molecule has 2 N–H and O–H groups in total. The summed E-state index contributed by atoms with van der Waals surface area (Å²) in [7, 11) is -1.23. The number of rotatable bonds is 16. The zero-order valence-corrected chi connectivity index (χ0v) is 32.9. The minimum Gasteiger partial charge on any atom is -0.465 e. The molecule has 0 aliphatic carbocycles. The molecule has 1 aliphatic heterocycles. The van der Waals surface area contributed by atoms with Crippen molar-refractivity contribution in [1.82, 2.24) is 10.6 Å². The number of ether oxygens (including phenoxy) is 2. The molecule has 1 aliphatic rings. The lowest BCUT2D eigenvalue weighted by atomic mass is 10.1. The Bertz CT molecular complexity index is 1650. The summed E-state index contributed by atoms with van der Waals surface area (Å²) in [5.74, 6) is -1.21. The fourth-order valence-corrected chi connectivity index (χ4v) is 11.2. The second-order valence-corrected chi connectivity index (χ2v) is 17.2. The van der Waals surface area contributed by atoms with E-state index in [0.717, 1.165) is 36.3 Å². The molecule has 0 unspecified atom stereocenters. The number of hydrogen-bond acceptors (Lipinski definition) is 8. The molecule has 284 valence electrons. The van der Waals surface area contributed by atoms with Crippen molar-refractivity contribution in [3.05, 3.63) is 120 Å². The first-order valence-electron chi connectivity index (χ1n) is 18.4. The van der Waals surface area contributed by atoms with E-state index >= 15 is 0 Å². The number of nitrogens with zero attached hydrogens (tertiary/aromatic N) is 2. The number of hydrogen-bond donors (Lipinski definition) is 2. The Labute approximate surface area is 321 Å². The van der Waals surface area contributed by atoms with Gasteiger partial charge in [-0.3, -0.25) is 19.2 Å². The minimum atomic E-state index is -0.615. The average Bonchev–Trinajstić information content (AvgIpc) is 3.19. The molecule has 0 bridgehead atoms. The van der Waals surface area contributed by atoms with Crippen LogP contribution >= 0.6 is 15.8 Å². The zero-order chi connectivity index (χ0) is 38.1. The van der Waals surface area contributed by atoms with E-state index in [0.29, 0.717) is 25.7 Å². The van der Waals surface area contributed by atoms with Crippen LogP contribution in [-0.2, 0) is 41.5 Å². The maximum absolute atomic E-state index is 12.4. The van der Waals surface area contributed by atoms with Gasteiger partial charge in [0, 0.05) is 49.4 Å². The maximum atomic E-state index is 12.4. The lowest BCUT2D eigenvalue weighted by Crippen LogP contribution is -2.38. The lowest BCUT2D eigenvalue weighted by Gasteiger charge is -2.41. The van der Waals surface area contributed by atoms with Gasteiger partial charge in [-0.05, 0) is 88.5 Å². The van der Waals surface area contributed by atoms with Crippen LogP contribution in [-0.4, -0.2) is 75.2 Å². The number of nitrogens with one attached hydrogen (secondary N) is 2. The molecule has 1 fully saturated rings. The summed E-state index contributed by atoms with van der Waals surface area (Å²) in [6, 6.07) is 38.8. The molecule has 4 aromatic carbocycles. The van der Waals surface area contributed by atoms with Gasteiger partial charge in [-0.2, -0.15) is 0 Å². The van der Waals surface area contributed by atoms with E-state index in [4.69, 9.17) is 9.47 Å². The van der Waals surface area contributed by atoms with Crippen molar-refractivity contribution < 1.29 is 28.7 Å². The van der Waals surface area contributed by atoms with E-state index < -0.39 is 27.8 Å². The highest BCUT2D eigenvalue weighted by Gasteiger charge is 2.28. The molecule has 0 atom stereocenters. The van der Waals surface area contributed by atoms with Crippen LogP contribution in [0.3, 0.4) is 0 Å². The quantitative estimate of drug-likeness (QED) is 0.111. The van der Waals surface area contributed by atoms with E-state index in [1.165, 1.54) is 22.0 Å². The molecule has 4 aromatic rings. The summed E-state index contributed by atoms with van der Waals surface area (Å²) in [4.78, 5) is 53.0. The topological polar surface area (TPSA) is 117 Å². The highest BCUT2D eigenvalue weighted by Crippen LogP contribution is 2.47. The number of benzene rings is 4. The van der Waals surface area contributed by atoms with Crippen LogP contribution < -0.4 is 31.0 Å². The van der Waals surface area contributed by atoms with E-state index in [-0.39, 0.29) is 38.1 Å². The number of amides is 2. The lowest BCUT2D eigenvalue weighted by molar-refractivity contribution is -0.143. The number of aryl methyl sites for hydroxylation is 2. The summed E-state index contributed by atoms with van der Waals surface area (Å²) in [5.41, 5.74) is 4.47. The highest BCUT2D eigenvalue weighted by molar-refractivity contribution is 7.67. The Hall–Kier alpha value is -4.78. The largest absolute Gasteiger partial charge is 0.465 e. The zero-order valence-electron chi connectivity index (χ0n) is 31.1. The normalized spacial score (nSPS) is 15.7. The highest BCUT2D eigenvalue weighted by atomic mass is 31.1. The molecule has 10 nitrogen and oxygen atoms in total. The molecule has 12 heteroatoms. The molecule has 1 saturated heterocycles. The van der Waals surface area contributed by atoms with Crippen molar-refractivity contribution in [2.45, 2.75) is 39.5 Å². The molecule has 0 spiro atoms. The van der Waals surface area contributed by atoms with Crippen LogP contribution in [0.4, 0.5) is 11.4 Å². The standard InChI is InChI=1S/C42H50N4O6P2/c1-3-51-41(49)27-43-39(47)25-19-33-15-21-35(22-16-33)45-29-53(37-11-7-5-8-12-37)31-46(32-54(30-45)38-13-9-6-10-14-38)36-23-17-34(18-24-36)20-26-40(48)44-28-42(50)52-4-2/h5-18,21-24H,3-4,19-20,25-32H2,1-2H3,(H,43,47)(H,44,48). The number of carbonyl (C=O) groups is 4. The van der Waals surface area contributed by atoms with Crippen molar-refractivity contribution in [3.63, 3.8) is 0 Å². The predicted octanol–water partition coefficient (Wildman–Crippen LogP) is 5.68. The summed E-state index contributed by atoms with van der Waals surface area (Å²) >= 11 is 0. The van der Waals surface area contributed by atoms with Crippen LogP contribution in [0.2, 0.25) is 0 Å². The van der Waals surface area contributed by atoms with Crippen molar-refractivity contribution in [2.24, 2.45) is 0 Å². The summed E-state index contributed by atoms with van der Waals surface area (Å²) in [6.07, 6.45) is 5.35. The first kappa shape index (κ1) is 40.4. The Kier molecular flexibility index (Phi) is 15.9. The molecule has 0 radical (unpaired) electrons. The van der Waals surface area contributed by atoms with Crippen LogP contribution in [0.15, 0.2) is 109 Å². The SMILES string of the molecule is CCOC(=O)CNC(=O)CCc1ccc(N2CP(c3ccccc3)CN(c3ccc(CCC(=O)NCC(=O)OCC)cc3)CP(c3ccccc3)C2)cc1. The van der Waals surface area contributed by atoms with Gasteiger partial charge >= 0.3 is 11.9 Å². The van der Waals surface area contributed by atoms with Crippen LogP contribution in [0.5, 0.6) is 0 Å². The monoisotopic (exact) mass is 768 g/mol. The molecule has 1 heterocycles. The molecule has 2 amide bonds. The third kappa shape index (κ3) is 12.7. The first-order valence-corrected chi connectivity index (χ1v) is 21.9. The van der Waals surface area contributed by atoms with E-state index in [2.05, 4.69) is 130 Å². The molecular weight excluding hydrogens is 718 g/mol. The van der Waals surface area contributed by atoms with Gasteiger partial charge in [0.25, 0.3) is 0 Å². The van der Waals surface area contributed by atoms with Crippen molar-refractivity contribution in [2.75, 3.05) is 61.2 Å².